The first kappa shape index (κ1) is 20.6. The van der Waals surface area contributed by atoms with E-state index in [1.54, 1.807) is 18.2 Å². The second kappa shape index (κ2) is 8.90. The number of piperidine rings is 1. The average Bonchev–Trinajstić information content (AvgIpc) is 2.70. The van der Waals surface area contributed by atoms with Gasteiger partial charge in [0, 0.05) is 18.5 Å². The number of ether oxygens (including phenoxy) is 1. The quantitative estimate of drug-likeness (QED) is 0.536. The average molecular weight is 420 g/mol. The summed E-state index contributed by atoms with van der Waals surface area (Å²) in [5, 5.41) is 1.60. The second-order valence-electron chi connectivity index (χ2n) is 6.79. The van der Waals surface area contributed by atoms with Crippen LogP contribution in [0.4, 0.5) is 0 Å². The molecule has 1 saturated heterocycles. The molecule has 0 aromatic heterocycles. The summed E-state index contributed by atoms with van der Waals surface area (Å²) in [5.74, 6) is -0.377. The third-order valence-electron chi connectivity index (χ3n) is 4.68. The minimum absolute atomic E-state index is 0.281. The fourth-order valence-electron chi connectivity index (χ4n) is 3.04. The van der Waals surface area contributed by atoms with E-state index in [0.717, 1.165) is 11.1 Å². The number of rotatable bonds is 5. The molecule has 7 heteroatoms. The summed E-state index contributed by atoms with van der Waals surface area (Å²) >= 11 is 6.08. The van der Waals surface area contributed by atoms with Crippen molar-refractivity contribution in [3.63, 3.8) is 0 Å². The second-order valence-corrected chi connectivity index (χ2v) is 9.01. The molecule has 0 aliphatic carbocycles. The van der Waals surface area contributed by atoms with Gasteiger partial charge in [-0.1, -0.05) is 48.0 Å². The van der Waals surface area contributed by atoms with Crippen LogP contribution in [0.5, 0.6) is 5.75 Å². The molecular formula is C21H22ClNO4S. The van der Waals surface area contributed by atoms with Crippen molar-refractivity contribution in [1.82, 2.24) is 4.31 Å². The Bertz CT molecular complexity index is 965. The van der Waals surface area contributed by atoms with Crippen LogP contribution in [0.25, 0.3) is 6.08 Å². The van der Waals surface area contributed by atoms with Crippen LogP contribution in [-0.4, -0.2) is 31.8 Å². The number of nitrogens with zero attached hydrogens (tertiary/aromatic N) is 1. The van der Waals surface area contributed by atoms with E-state index in [4.69, 9.17) is 16.3 Å². The number of hydrogen-bond acceptors (Lipinski definition) is 4. The molecule has 2 aromatic carbocycles. The Morgan fingerprint density at radius 2 is 1.82 bits per heavy atom. The number of aryl methyl sites for hydroxylation is 1. The molecule has 1 aliphatic rings. The van der Waals surface area contributed by atoms with Gasteiger partial charge in [0.05, 0.1) is 10.9 Å². The van der Waals surface area contributed by atoms with E-state index >= 15 is 0 Å². The Morgan fingerprint density at radius 3 is 2.50 bits per heavy atom. The Hall–Kier alpha value is -2.15. The van der Waals surface area contributed by atoms with Crippen molar-refractivity contribution in [2.45, 2.75) is 19.8 Å². The summed E-state index contributed by atoms with van der Waals surface area (Å²) in [6.45, 7) is 2.45. The Morgan fingerprint density at radius 1 is 1.14 bits per heavy atom. The summed E-state index contributed by atoms with van der Waals surface area (Å²) in [4.78, 5) is 12.4. The van der Waals surface area contributed by atoms with Crippen molar-refractivity contribution in [3.8, 4) is 5.75 Å². The fraction of sp³-hybridized carbons (Fsp3) is 0.286. The zero-order chi connectivity index (χ0) is 20.1. The molecule has 1 heterocycles. The van der Waals surface area contributed by atoms with E-state index in [-0.39, 0.29) is 25.0 Å². The highest BCUT2D eigenvalue weighted by molar-refractivity contribution is 7.92. The minimum atomic E-state index is -3.52. The first-order chi connectivity index (χ1) is 13.3. The lowest BCUT2D eigenvalue weighted by atomic mass is 9.98. The van der Waals surface area contributed by atoms with Gasteiger partial charge in [-0.2, -0.15) is 4.31 Å². The van der Waals surface area contributed by atoms with Gasteiger partial charge in [-0.25, -0.2) is 8.42 Å². The topological polar surface area (TPSA) is 63.7 Å². The maximum absolute atomic E-state index is 12.5. The molecule has 0 N–H and O–H groups in total. The van der Waals surface area contributed by atoms with Crippen molar-refractivity contribution in [3.05, 3.63) is 70.1 Å². The molecule has 1 fully saturated rings. The van der Waals surface area contributed by atoms with Gasteiger partial charge in [-0.05, 0) is 49.1 Å². The Kier molecular flexibility index (Phi) is 6.54. The first-order valence-electron chi connectivity index (χ1n) is 9.06. The van der Waals surface area contributed by atoms with Crippen molar-refractivity contribution < 1.29 is 17.9 Å². The van der Waals surface area contributed by atoms with Crippen LogP contribution in [0.1, 0.15) is 24.0 Å². The van der Waals surface area contributed by atoms with E-state index in [1.165, 1.54) is 9.71 Å². The molecule has 0 atom stereocenters. The van der Waals surface area contributed by atoms with Crippen LogP contribution < -0.4 is 4.74 Å². The molecule has 0 radical (unpaired) electrons. The van der Waals surface area contributed by atoms with Crippen molar-refractivity contribution in [2.75, 3.05) is 13.1 Å². The van der Waals surface area contributed by atoms with Gasteiger partial charge in [-0.15, -0.1) is 0 Å². The maximum atomic E-state index is 12.5. The normalized spacial score (nSPS) is 16.4. The summed E-state index contributed by atoms with van der Waals surface area (Å²) in [5.41, 5.74) is 1.76. The minimum Gasteiger partial charge on any atom is -0.425 e. The highest BCUT2D eigenvalue weighted by Gasteiger charge is 2.31. The zero-order valence-electron chi connectivity index (χ0n) is 15.5. The van der Waals surface area contributed by atoms with E-state index in [0.29, 0.717) is 23.6 Å². The van der Waals surface area contributed by atoms with Gasteiger partial charge in [0.2, 0.25) is 10.0 Å². The summed E-state index contributed by atoms with van der Waals surface area (Å²) in [6.07, 6.45) is 2.41. The molecule has 148 valence electrons. The van der Waals surface area contributed by atoms with Crippen LogP contribution in [-0.2, 0) is 14.8 Å². The molecule has 0 unspecified atom stereocenters. The number of hydrogen-bond donors (Lipinski definition) is 0. The maximum Gasteiger partial charge on any atom is 0.314 e. The largest absolute Gasteiger partial charge is 0.425 e. The van der Waals surface area contributed by atoms with Crippen molar-refractivity contribution in [1.29, 1.82) is 0 Å². The van der Waals surface area contributed by atoms with Gasteiger partial charge in [0.25, 0.3) is 0 Å². The first-order valence-corrected chi connectivity index (χ1v) is 10.9. The van der Waals surface area contributed by atoms with Gasteiger partial charge in [0.15, 0.2) is 0 Å². The van der Waals surface area contributed by atoms with Crippen molar-refractivity contribution >= 4 is 33.7 Å². The van der Waals surface area contributed by atoms with Crippen LogP contribution in [0.15, 0.2) is 53.9 Å². The van der Waals surface area contributed by atoms with E-state index in [1.807, 2.05) is 43.3 Å². The van der Waals surface area contributed by atoms with Gasteiger partial charge >= 0.3 is 5.97 Å². The summed E-state index contributed by atoms with van der Waals surface area (Å²) in [6, 6.07) is 14.5. The van der Waals surface area contributed by atoms with Crippen molar-refractivity contribution in [2.24, 2.45) is 5.92 Å². The zero-order valence-corrected chi connectivity index (χ0v) is 17.1. The Labute approximate surface area is 170 Å². The number of benzene rings is 2. The van der Waals surface area contributed by atoms with Crippen LogP contribution in [0.2, 0.25) is 5.02 Å². The van der Waals surface area contributed by atoms with Crippen LogP contribution in [0, 0.1) is 12.8 Å². The number of esters is 1. The van der Waals surface area contributed by atoms with Crippen LogP contribution >= 0.6 is 11.6 Å². The van der Waals surface area contributed by atoms with E-state index in [9.17, 15) is 13.2 Å². The molecule has 3 rings (SSSR count). The SMILES string of the molecule is Cc1ccc(Cl)c(OC(=O)C2CCN(S(=O)(=O)/C=C/c3ccccc3)CC2)c1. The van der Waals surface area contributed by atoms with Crippen LogP contribution in [0.3, 0.4) is 0 Å². The number of carbonyl (C=O) groups is 1. The predicted molar refractivity (Wildman–Crippen MR) is 111 cm³/mol. The van der Waals surface area contributed by atoms with Gasteiger partial charge < -0.3 is 4.74 Å². The molecule has 0 saturated carbocycles. The van der Waals surface area contributed by atoms with Gasteiger partial charge in [0.1, 0.15) is 5.75 Å². The number of halogens is 1. The lowest BCUT2D eigenvalue weighted by Gasteiger charge is -2.29. The number of sulfonamides is 1. The highest BCUT2D eigenvalue weighted by atomic mass is 35.5. The van der Waals surface area contributed by atoms with Gasteiger partial charge in [-0.3, -0.25) is 4.79 Å². The molecule has 1 aliphatic heterocycles. The number of carbonyl (C=O) groups excluding carboxylic acids is 1. The molecule has 0 amide bonds. The monoisotopic (exact) mass is 419 g/mol. The standard InChI is InChI=1S/C21H22ClNO4S/c1-16-7-8-19(22)20(15-16)27-21(24)18-9-12-23(13-10-18)28(25,26)14-11-17-5-3-2-4-6-17/h2-8,11,14-15,18H,9-10,12-13H2,1H3/b14-11+. The lowest BCUT2D eigenvalue weighted by Crippen LogP contribution is -2.40. The molecule has 0 spiro atoms. The molecule has 0 bridgehead atoms. The smallest absolute Gasteiger partial charge is 0.314 e. The Balaban J connectivity index is 1.58. The predicted octanol–water partition coefficient (Wildman–Crippen LogP) is 4.27. The highest BCUT2D eigenvalue weighted by Crippen LogP contribution is 2.28. The molecule has 2 aromatic rings. The fourth-order valence-corrected chi connectivity index (χ4v) is 4.42. The molecule has 5 nitrogen and oxygen atoms in total. The molecular weight excluding hydrogens is 398 g/mol. The van der Waals surface area contributed by atoms with E-state index in [2.05, 4.69) is 0 Å². The summed E-state index contributed by atoms with van der Waals surface area (Å²) < 4.78 is 31.9. The lowest BCUT2D eigenvalue weighted by molar-refractivity contribution is -0.140. The summed E-state index contributed by atoms with van der Waals surface area (Å²) in [7, 11) is -3.52. The molecule has 28 heavy (non-hydrogen) atoms. The van der Waals surface area contributed by atoms with E-state index < -0.39 is 10.0 Å². The third-order valence-corrected chi connectivity index (χ3v) is 6.55. The third kappa shape index (κ3) is 5.22.